The van der Waals surface area contributed by atoms with Gasteiger partial charge < -0.3 is 5.73 Å². The van der Waals surface area contributed by atoms with Crippen LogP contribution in [0.4, 0.5) is 5.82 Å². The molecule has 0 unspecified atom stereocenters. The van der Waals surface area contributed by atoms with Gasteiger partial charge in [-0.3, -0.25) is 4.90 Å². The first kappa shape index (κ1) is 8.97. The van der Waals surface area contributed by atoms with Crippen molar-refractivity contribution in [3.8, 4) is 0 Å². The largest absolute Gasteiger partial charge is 0.383 e. The molecule has 72 valence electrons. The minimum Gasteiger partial charge on any atom is -0.383 e. The Labute approximate surface area is 82.6 Å². The van der Waals surface area contributed by atoms with Crippen molar-refractivity contribution in [3.63, 3.8) is 0 Å². The Hall–Kier alpha value is -0.610. The van der Waals surface area contributed by atoms with Crippen LogP contribution >= 0.6 is 11.3 Å². The van der Waals surface area contributed by atoms with Gasteiger partial charge in [0.2, 0.25) is 0 Å². The van der Waals surface area contributed by atoms with E-state index in [4.69, 9.17) is 5.73 Å². The molecule has 0 aliphatic carbocycles. The lowest BCUT2D eigenvalue weighted by Crippen LogP contribution is -2.18. The molecule has 1 fully saturated rings. The van der Waals surface area contributed by atoms with Crippen LogP contribution in [0.3, 0.4) is 0 Å². The van der Waals surface area contributed by atoms with Crippen molar-refractivity contribution in [3.05, 3.63) is 9.88 Å². The predicted octanol–water partition coefficient (Wildman–Crippen LogP) is 1.63. The fourth-order valence-electron chi connectivity index (χ4n) is 1.66. The SMILES string of the molecule is Cc1sc(CN2CCCC2)nc1N. The Kier molecular flexibility index (Phi) is 2.51. The Morgan fingerprint density at radius 3 is 2.69 bits per heavy atom. The van der Waals surface area contributed by atoms with Crippen LogP contribution in [0.25, 0.3) is 0 Å². The topological polar surface area (TPSA) is 42.2 Å². The molecule has 0 spiro atoms. The Morgan fingerprint density at radius 2 is 2.15 bits per heavy atom. The van der Waals surface area contributed by atoms with Crippen LogP contribution in [0.5, 0.6) is 0 Å². The Morgan fingerprint density at radius 1 is 1.46 bits per heavy atom. The zero-order valence-corrected chi connectivity index (χ0v) is 8.73. The van der Waals surface area contributed by atoms with E-state index in [1.54, 1.807) is 11.3 Å². The molecule has 1 aliphatic heterocycles. The van der Waals surface area contributed by atoms with Gasteiger partial charge in [-0.2, -0.15) is 0 Å². The summed E-state index contributed by atoms with van der Waals surface area (Å²) in [6.07, 6.45) is 2.67. The number of nitrogens with zero attached hydrogens (tertiary/aromatic N) is 2. The summed E-state index contributed by atoms with van der Waals surface area (Å²) < 4.78 is 0. The second kappa shape index (κ2) is 3.64. The van der Waals surface area contributed by atoms with Crippen molar-refractivity contribution in [2.24, 2.45) is 0 Å². The van der Waals surface area contributed by atoms with Gasteiger partial charge in [0.05, 0.1) is 6.54 Å². The third-order valence-electron chi connectivity index (χ3n) is 2.43. The lowest BCUT2D eigenvalue weighted by molar-refractivity contribution is 0.331. The summed E-state index contributed by atoms with van der Waals surface area (Å²) in [6.45, 7) is 5.46. The fraction of sp³-hybridized carbons (Fsp3) is 0.667. The third-order valence-corrected chi connectivity index (χ3v) is 3.41. The van der Waals surface area contributed by atoms with Crippen molar-refractivity contribution in [2.75, 3.05) is 18.8 Å². The molecule has 0 radical (unpaired) electrons. The number of rotatable bonds is 2. The van der Waals surface area contributed by atoms with Crippen LogP contribution in [-0.2, 0) is 6.54 Å². The molecular weight excluding hydrogens is 182 g/mol. The van der Waals surface area contributed by atoms with Gasteiger partial charge in [-0.1, -0.05) is 0 Å². The maximum atomic E-state index is 5.70. The summed E-state index contributed by atoms with van der Waals surface area (Å²) in [4.78, 5) is 7.92. The molecule has 1 aromatic rings. The number of hydrogen-bond acceptors (Lipinski definition) is 4. The lowest BCUT2D eigenvalue weighted by atomic mass is 10.4. The summed E-state index contributed by atoms with van der Waals surface area (Å²) in [5.41, 5.74) is 5.70. The molecule has 2 heterocycles. The normalized spacial score (nSPS) is 18.2. The molecule has 13 heavy (non-hydrogen) atoms. The third kappa shape index (κ3) is 2.00. The predicted molar refractivity (Wildman–Crippen MR) is 55.8 cm³/mol. The first-order chi connectivity index (χ1) is 6.25. The monoisotopic (exact) mass is 197 g/mol. The highest BCUT2D eigenvalue weighted by Gasteiger charge is 2.14. The minimum absolute atomic E-state index is 0.708. The van der Waals surface area contributed by atoms with Gasteiger partial charge in [0.15, 0.2) is 0 Å². The number of thiazole rings is 1. The summed E-state index contributed by atoms with van der Waals surface area (Å²) >= 11 is 1.72. The Balaban J connectivity index is 2.00. The van der Waals surface area contributed by atoms with E-state index in [1.807, 2.05) is 6.92 Å². The molecule has 1 saturated heterocycles. The van der Waals surface area contributed by atoms with Crippen molar-refractivity contribution in [1.82, 2.24) is 9.88 Å². The van der Waals surface area contributed by atoms with Crippen molar-refractivity contribution in [2.45, 2.75) is 26.3 Å². The van der Waals surface area contributed by atoms with E-state index in [1.165, 1.54) is 25.9 Å². The molecule has 4 heteroatoms. The number of hydrogen-bond donors (Lipinski definition) is 1. The number of likely N-dealkylation sites (tertiary alicyclic amines) is 1. The highest BCUT2D eigenvalue weighted by molar-refractivity contribution is 7.12. The first-order valence-corrected chi connectivity index (χ1v) is 5.51. The van der Waals surface area contributed by atoms with Crippen LogP contribution in [0.2, 0.25) is 0 Å². The van der Waals surface area contributed by atoms with Gasteiger partial charge in [-0.25, -0.2) is 4.98 Å². The Bertz CT molecular complexity index is 270. The fourth-order valence-corrected chi connectivity index (χ4v) is 2.56. The maximum absolute atomic E-state index is 5.70. The highest BCUT2D eigenvalue weighted by atomic mass is 32.1. The molecule has 0 saturated carbocycles. The number of nitrogen functional groups attached to an aromatic ring is 1. The van der Waals surface area contributed by atoms with E-state index in [9.17, 15) is 0 Å². The van der Waals surface area contributed by atoms with Crippen LogP contribution in [0.1, 0.15) is 22.7 Å². The molecule has 2 rings (SSSR count). The summed E-state index contributed by atoms with van der Waals surface area (Å²) in [5.74, 6) is 0.708. The van der Waals surface area contributed by atoms with Crippen molar-refractivity contribution < 1.29 is 0 Å². The van der Waals surface area contributed by atoms with Gasteiger partial charge in [-0.05, 0) is 32.9 Å². The van der Waals surface area contributed by atoms with E-state index >= 15 is 0 Å². The molecule has 0 atom stereocenters. The van der Waals surface area contributed by atoms with Crippen molar-refractivity contribution in [1.29, 1.82) is 0 Å². The molecule has 1 aliphatic rings. The van der Waals surface area contributed by atoms with E-state index in [2.05, 4.69) is 9.88 Å². The van der Waals surface area contributed by atoms with E-state index < -0.39 is 0 Å². The summed E-state index contributed by atoms with van der Waals surface area (Å²) in [5, 5.41) is 1.16. The summed E-state index contributed by atoms with van der Waals surface area (Å²) in [7, 11) is 0. The second-order valence-corrected chi connectivity index (χ2v) is 4.82. The van der Waals surface area contributed by atoms with Crippen molar-refractivity contribution >= 4 is 17.2 Å². The zero-order chi connectivity index (χ0) is 9.26. The average Bonchev–Trinajstić information content (AvgIpc) is 2.64. The molecule has 0 bridgehead atoms. The molecule has 0 amide bonds. The molecular formula is C9H15N3S. The molecule has 1 aromatic heterocycles. The average molecular weight is 197 g/mol. The van der Waals surface area contributed by atoms with Gasteiger partial charge in [-0.15, -0.1) is 11.3 Å². The molecule has 2 N–H and O–H groups in total. The van der Waals surface area contributed by atoms with Crippen LogP contribution in [-0.4, -0.2) is 23.0 Å². The van der Waals surface area contributed by atoms with Crippen LogP contribution < -0.4 is 5.73 Å². The van der Waals surface area contributed by atoms with E-state index in [0.717, 1.165) is 16.4 Å². The van der Waals surface area contributed by atoms with Gasteiger partial charge >= 0.3 is 0 Å². The molecule has 0 aromatic carbocycles. The lowest BCUT2D eigenvalue weighted by Gasteiger charge is -2.11. The molecule has 3 nitrogen and oxygen atoms in total. The van der Waals surface area contributed by atoms with Crippen LogP contribution in [0.15, 0.2) is 0 Å². The van der Waals surface area contributed by atoms with E-state index in [-0.39, 0.29) is 0 Å². The van der Waals surface area contributed by atoms with Crippen LogP contribution in [0, 0.1) is 6.92 Å². The first-order valence-electron chi connectivity index (χ1n) is 4.70. The minimum atomic E-state index is 0.708. The van der Waals surface area contributed by atoms with E-state index in [0.29, 0.717) is 5.82 Å². The smallest absolute Gasteiger partial charge is 0.137 e. The standard InChI is InChI=1S/C9H15N3S/c1-7-9(10)11-8(13-7)6-12-4-2-3-5-12/h2-6,10H2,1H3. The zero-order valence-electron chi connectivity index (χ0n) is 7.92. The highest BCUT2D eigenvalue weighted by Crippen LogP contribution is 2.21. The number of anilines is 1. The quantitative estimate of drug-likeness (QED) is 0.783. The van der Waals surface area contributed by atoms with Gasteiger partial charge in [0.1, 0.15) is 10.8 Å². The second-order valence-electron chi connectivity index (χ2n) is 3.53. The van der Waals surface area contributed by atoms with Gasteiger partial charge in [0.25, 0.3) is 0 Å². The number of aryl methyl sites for hydroxylation is 1. The number of aromatic nitrogens is 1. The van der Waals surface area contributed by atoms with Gasteiger partial charge in [0, 0.05) is 4.88 Å². The summed E-state index contributed by atoms with van der Waals surface area (Å²) in [6, 6.07) is 0. The number of nitrogens with two attached hydrogens (primary N) is 1. The maximum Gasteiger partial charge on any atom is 0.137 e.